The Morgan fingerprint density at radius 3 is 2.18 bits per heavy atom. The first-order valence-corrected chi connectivity index (χ1v) is 11.6. The highest BCUT2D eigenvalue weighted by Gasteiger charge is 2.18. The highest BCUT2D eigenvalue weighted by atomic mass is 35.5. The maximum Gasteiger partial charge on any atom is 0.195 e. The van der Waals surface area contributed by atoms with Gasteiger partial charge in [0.2, 0.25) is 0 Å². The second-order valence-electron chi connectivity index (χ2n) is 8.00. The maximum atomic E-state index is 13.3. The summed E-state index contributed by atoms with van der Waals surface area (Å²) in [5.41, 5.74) is 5.58. The number of aromatic nitrogens is 1. The Morgan fingerprint density at radius 1 is 0.794 bits per heavy atom. The predicted molar refractivity (Wildman–Crippen MR) is 142 cm³/mol. The van der Waals surface area contributed by atoms with E-state index in [1.807, 2.05) is 67.6 Å². The number of nitrogens with one attached hydrogen (secondary N) is 1. The van der Waals surface area contributed by atoms with Gasteiger partial charge in [-0.1, -0.05) is 83.9 Å². The zero-order valence-electron chi connectivity index (χ0n) is 18.3. The van der Waals surface area contributed by atoms with E-state index >= 15 is 0 Å². The number of hydrogen-bond donors (Lipinski definition) is 1. The molecule has 166 valence electrons. The summed E-state index contributed by atoms with van der Waals surface area (Å²) in [5.74, 6) is 0.553. The molecular formula is C29H20Cl2N2O. The Kier molecular flexibility index (Phi) is 6.06. The Bertz CT molecular complexity index is 1520. The van der Waals surface area contributed by atoms with Gasteiger partial charge in [-0.3, -0.25) is 4.79 Å². The first kappa shape index (κ1) is 22.1. The zero-order valence-corrected chi connectivity index (χ0v) is 19.9. The van der Waals surface area contributed by atoms with Crippen molar-refractivity contribution in [3.63, 3.8) is 0 Å². The summed E-state index contributed by atoms with van der Waals surface area (Å²) in [4.78, 5) is 18.2. The van der Waals surface area contributed by atoms with Crippen LogP contribution in [0.1, 0.15) is 21.5 Å². The Hall–Kier alpha value is -3.66. The van der Waals surface area contributed by atoms with E-state index < -0.39 is 0 Å². The third-order valence-electron chi connectivity index (χ3n) is 5.77. The van der Waals surface area contributed by atoms with Crippen LogP contribution in [0.4, 0.5) is 11.5 Å². The van der Waals surface area contributed by atoms with Gasteiger partial charge in [0.1, 0.15) is 5.82 Å². The molecule has 0 fully saturated rings. The van der Waals surface area contributed by atoms with Crippen LogP contribution in [0.15, 0.2) is 97.1 Å². The fraction of sp³-hybridized carbons (Fsp3) is 0.0345. The third-order valence-corrected chi connectivity index (χ3v) is 6.24. The molecule has 0 aliphatic rings. The molecule has 5 heteroatoms. The Morgan fingerprint density at radius 2 is 1.44 bits per heavy atom. The van der Waals surface area contributed by atoms with E-state index in [0.29, 0.717) is 32.7 Å². The molecule has 1 N–H and O–H groups in total. The van der Waals surface area contributed by atoms with E-state index in [-0.39, 0.29) is 5.78 Å². The summed E-state index contributed by atoms with van der Waals surface area (Å²) < 4.78 is 0. The van der Waals surface area contributed by atoms with Gasteiger partial charge in [0.05, 0.1) is 11.2 Å². The Balaban J connectivity index is 1.67. The summed E-state index contributed by atoms with van der Waals surface area (Å²) in [6.45, 7) is 2.02. The van der Waals surface area contributed by atoms with Crippen molar-refractivity contribution in [2.75, 3.05) is 5.32 Å². The van der Waals surface area contributed by atoms with Gasteiger partial charge < -0.3 is 5.32 Å². The SMILES string of the molecule is Cc1c(Nc2ccc(Cl)cc2C(=O)c2ccccc2)nc2ccc(Cl)cc2c1-c1ccccc1. The van der Waals surface area contributed by atoms with Gasteiger partial charge in [0.15, 0.2) is 5.78 Å². The van der Waals surface area contributed by atoms with Crippen LogP contribution in [0.25, 0.3) is 22.0 Å². The molecule has 0 bridgehead atoms. The van der Waals surface area contributed by atoms with E-state index in [1.165, 1.54) is 0 Å². The number of halogens is 2. The first-order chi connectivity index (χ1) is 16.5. The zero-order chi connectivity index (χ0) is 23.7. The second kappa shape index (κ2) is 9.30. The van der Waals surface area contributed by atoms with Crippen LogP contribution in [0.2, 0.25) is 10.0 Å². The van der Waals surface area contributed by atoms with E-state index in [4.69, 9.17) is 28.2 Å². The van der Waals surface area contributed by atoms with Crippen LogP contribution in [0.5, 0.6) is 0 Å². The van der Waals surface area contributed by atoms with Gasteiger partial charge in [-0.2, -0.15) is 0 Å². The summed E-state index contributed by atoms with van der Waals surface area (Å²) in [6.07, 6.45) is 0. The first-order valence-electron chi connectivity index (χ1n) is 10.8. The van der Waals surface area contributed by atoms with Gasteiger partial charge in [0, 0.05) is 32.1 Å². The normalized spacial score (nSPS) is 10.9. The number of rotatable bonds is 5. The number of pyridine rings is 1. The number of carbonyl (C=O) groups excluding carboxylic acids is 1. The van der Waals surface area contributed by atoms with E-state index in [1.54, 1.807) is 24.3 Å². The van der Waals surface area contributed by atoms with Crippen LogP contribution in [-0.2, 0) is 0 Å². The van der Waals surface area contributed by atoms with Crippen molar-refractivity contribution < 1.29 is 4.79 Å². The molecule has 0 saturated carbocycles. The van der Waals surface area contributed by atoms with Crippen molar-refractivity contribution in [1.82, 2.24) is 4.98 Å². The molecule has 0 aliphatic heterocycles. The van der Waals surface area contributed by atoms with Crippen LogP contribution in [-0.4, -0.2) is 10.8 Å². The summed E-state index contributed by atoms with van der Waals surface area (Å²) in [7, 11) is 0. The molecule has 0 saturated heterocycles. The van der Waals surface area contributed by atoms with Crippen LogP contribution in [0, 0.1) is 6.92 Å². The lowest BCUT2D eigenvalue weighted by Crippen LogP contribution is -2.07. The van der Waals surface area contributed by atoms with Gasteiger partial charge in [-0.15, -0.1) is 0 Å². The minimum Gasteiger partial charge on any atom is -0.339 e. The summed E-state index contributed by atoms with van der Waals surface area (Å²) >= 11 is 12.6. The number of carbonyl (C=O) groups is 1. The van der Waals surface area contributed by atoms with Crippen molar-refractivity contribution >= 4 is 51.4 Å². The number of benzene rings is 4. The Labute approximate surface area is 208 Å². The average molecular weight is 483 g/mol. The van der Waals surface area contributed by atoms with Gasteiger partial charge in [-0.25, -0.2) is 4.98 Å². The molecule has 5 aromatic rings. The number of hydrogen-bond acceptors (Lipinski definition) is 3. The fourth-order valence-corrected chi connectivity index (χ4v) is 4.46. The molecule has 1 aromatic heterocycles. The van der Waals surface area contributed by atoms with E-state index in [2.05, 4.69) is 17.4 Å². The maximum absolute atomic E-state index is 13.3. The molecule has 0 radical (unpaired) electrons. The lowest BCUT2D eigenvalue weighted by Gasteiger charge is -2.18. The van der Waals surface area contributed by atoms with Crippen molar-refractivity contribution in [2.24, 2.45) is 0 Å². The molecule has 0 amide bonds. The lowest BCUT2D eigenvalue weighted by atomic mass is 9.96. The molecule has 0 aliphatic carbocycles. The molecule has 0 atom stereocenters. The minimum absolute atomic E-state index is 0.112. The predicted octanol–water partition coefficient (Wildman–Crippen LogP) is 8.49. The molecule has 3 nitrogen and oxygen atoms in total. The number of nitrogens with zero attached hydrogens (tertiary/aromatic N) is 1. The summed E-state index contributed by atoms with van der Waals surface area (Å²) in [5, 5.41) is 5.53. The standard InChI is InChI=1S/C29H20Cl2N2O/c1-18-27(19-8-4-2-5-9-19)23-16-21(30)12-14-25(23)32-29(18)33-26-15-13-22(31)17-24(26)28(34)20-10-6-3-7-11-20/h2-17H,1H3,(H,32,33). The monoisotopic (exact) mass is 482 g/mol. The van der Waals surface area contributed by atoms with Crippen LogP contribution >= 0.6 is 23.2 Å². The van der Waals surface area contributed by atoms with E-state index in [0.717, 1.165) is 27.6 Å². The minimum atomic E-state index is -0.112. The van der Waals surface area contributed by atoms with Crippen LogP contribution in [0.3, 0.4) is 0 Å². The smallest absolute Gasteiger partial charge is 0.195 e. The van der Waals surface area contributed by atoms with Crippen molar-refractivity contribution in [3.05, 3.63) is 124 Å². The largest absolute Gasteiger partial charge is 0.339 e. The molecule has 34 heavy (non-hydrogen) atoms. The van der Waals surface area contributed by atoms with E-state index in [9.17, 15) is 4.79 Å². The lowest BCUT2D eigenvalue weighted by molar-refractivity contribution is 0.103. The molecule has 0 spiro atoms. The van der Waals surface area contributed by atoms with Gasteiger partial charge in [0.25, 0.3) is 0 Å². The number of ketones is 1. The van der Waals surface area contributed by atoms with Crippen LogP contribution < -0.4 is 5.32 Å². The molecule has 1 heterocycles. The molecule has 0 unspecified atom stereocenters. The highest BCUT2D eigenvalue weighted by molar-refractivity contribution is 6.32. The van der Waals surface area contributed by atoms with Crippen molar-refractivity contribution in [3.8, 4) is 11.1 Å². The quantitative estimate of drug-likeness (QED) is 0.255. The molecule has 4 aromatic carbocycles. The molecular weight excluding hydrogens is 463 g/mol. The van der Waals surface area contributed by atoms with Crippen molar-refractivity contribution in [1.29, 1.82) is 0 Å². The third kappa shape index (κ3) is 4.28. The fourth-order valence-electron chi connectivity index (χ4n) is 4.12. The van der Waals surface area contributed by atoms with Gasteiger partial charge >= 0.3 is 0 Å². The summed E-state index contributed by atoms with van der Waals surface area (Å²) in [6, 6.07) is 30.3. The average Bonchev–Trinajstić information content (AvgIpc) is 2.86. The topological polar surface area (TPSA) is 42.0 Å². The number of anilines is 2. The number of fused-ring (bicyclic) bond motifs is 1. The molecule has 5 rings (SSSR count). The van der Waals surface area contributed by atoms with Crippen molar-refractivity contribution in [2.45, 2.75) is 6.92 Å². The van der Waals surface area contributed by atoms with Gasteiger partial charge in [-0.05, 0) is 54.4 Å². The second-order valence-corrected chi connectivity index (χ2v) is 8.87. The highest BCUT2D eigenvalue weighted by Crippen LogP contribution is 2.37.